The molecule has 0 unspecified atom stereocenters. The second-order valence-corrected chi connectivity index (χ2v) is 5.22. The maximum Gasteiger partial charge on any atom is 0.257 e. The van der Waals surface area contributed by atoms with Gasteiger partial charge in [-0.3, -0.25) is 14.4 Å². The van der Waals surface area contributed by atoms with E-state index >= 15 is 0 Å². The van der Waals surface area contributed by atoms with Crippen LogP contribution in [0.3, 0.4) is 0 Å². The monoisotopic (exact) mass is 284 g/mol. The zero-order valence-corrected chi connectivity index (χ0v) is 12.4. The van der Waals surface area contributed by atoms with E-state index in [2.05, 4.69) is 10.00 Å². The fourth-order valence-corrected chi connectivity index (χ4v) is 2.68. The summed E-state index contributed by atoms with van der Waals surface area (Å²) in [6.07, 6.45) is 2.61. The molecule has 0 spiro atoms. The summed E-state index contributed by atoms with van der Waals surface area (Å²) in [7, 11) is 1.86. The standard InChI is InChI=1S/C13H21ClN4O/c1-3-12-11(10-16(2)15-12)13(19)18-8-6-17(5-4-14)7-9-18/h10H,3-9H2,1-2H3. The van der Waals surface area contributed by atoms with Gasteiger partial charge in [-0.05, 0) is 6.42 Å². The molecule has 5 nitrogen and oxygen atoms in total. The zero-order chi connectivity index (χ0) is 13.8. The number of carbonyl (C=O) groups is 1. The number of carbonyl (C=O) groups excluding carboxylic acids is 1. The van der Waals surface area contributed by atoms with E-state index in [9.17, 15) is 4.79 Å². The average molecular weight is 285 g/mol. The second kappa shape index (κ2) is 6.39. The topological polar surface area (TPSA) is 41.4 Å². The average Bonchev–Trinajstić information content (AvgIpc) is 2.80. The van der Waals surface area contributed by atoms with Crippen LogP contribution in [0.5, 0.6) is 0 Å². The second-order valence-electron chi connectivity index (χ2n) is 4.84. The summed E-state index contributed by atoms with van der Waals surface area (Å²) in [5, 5.41) is 4.33. The summed E-state index contributed by atoms with van der Waals surface area (Å²) in [4.78, 5) is 16.7. The predicted octanol–water partition coefficient (Wildman–Crippen LogP) is 0.979. The van der Waals surface area contributed by atoms with Crippen molar-refractivity contribution in [1.29, 1.82) is 0 Å². The van der Waals surface area contributed by atoms with Crippen LogP contribution in [0.25, 0.3) is 0 Å². The quantitative estimate of drug-likeness (QED) is 0.774. The van der Waals surface area contributed by atoms with Crippen molar-refractivity contribution in [3.63, 3.8) is 0 Å². The van der Waals surface area contributed by atoms with Crippen molar-refractivity contribution in [3.05, 3.63) is 17.5 Å². The molecule has 0 saturated carbocycles. The van der Waals surface area contributed by atoms with Crippen LogP contribution >= 0.6 is 11.6 Å². The van der Waals surface area contributed by atoms with E-state index in [4.69, 9.17) is 11.6 Å². The van der Waals surface area contributed by atoms with Gasteiger partial charge in [0.05, 0.1) is 11.3 Å². The molecule has 0 bridgehead atoms. The van der Waals surface area contributed by atoms with Crippen LogP contribution in [0.15, 0.2) is 6.20 Å². The molecule has 106 valence electrons. The third-order valence-corrected chi connectivity index (χ3v) is 3.70. The lowest BCUT2D eigenvalue weighted by Crippen LogP contribution is -2.49. The largest absolute Gasteiger partial charge is 0.336 e. The Labute approximate surface area is 119 Å². The minimum absolute atomic E-state index is 0.107. The van der Waals surface area contributed by atoms with Gasteiger partial charge in [-0.2, -0.15) is 5.10 Å². The van der Waals surface area contributed by atoms with Crippen LogP contribution in [0.1, 0.15) is 23.0 Å². The molecule has 1 aliphatic heterocycles. The molecule has 19 heavy (non-hydrogen) atoms. The molecule has 1 aromatic heterocycles. The lowest BCUT2D eigenvalue weighted by Gasteiger charge is -2.34. The number of rotatable bonds is 4. The van der Waals surface area contributed by atoms with Crippen molar-refractivity contribution in [2.45, 2.75) is 13.3 Å². The van der Waals surface area contributed by atoms with Gasteiger partial charge in [-0.15, -0.1) is 11.6 Å². The summed E-state index contributed by atoms with van der Waals surface area (Å²) in [5.41, 5.74) is 1.63. The van der Waals surface area contributed by atoms with Gasteiger partial charge in [-0.1, -0.05) is 6.92 Å². The maximum absolute atomic E-state index is 12.5. The Balaban J connectivity index is 2.01. The van der Waals surface area contributed by atoms with Crippen LogP contribution in [-0.4, -0.2) is 64.1 Å². The Bertz CT molecular complexity index is 438. The molecule has 0 aromatic carbocycles. The van der Waals surface area contributed by atoms with Crippen molar-refractivity contribution in [1.82, 2.24) is 19.6 Å². The van der Waals surface area contributed by atoms with E-state index in [1.807, 2.05) is 25.1 Å². The number of hydrogen-bond acceptors (Lipinski definition) is 3. The fraction of sp³-hybridized carbons (Fsp3) is 0.692. The lowest BCUT2D eigenvalue weighted by molar-refractivity contribution is 0.0643. The van der Waals surface area contributed by atoms with Crippen molar-refractivity contribution < 1.29 is 4.79 Å². The first-order valence-corrected chi connectivity index (χ1v) is 7.29. The number of aryl methyl sites for hydroxylation is 2. The van der Waals surface area contributed by atoms with Gasteiger partial charge in [0.15, 0.2) is 0 Å². The first-order chi connectivity index (χ1) is 9.15. The van der Waals surface area contributed by atoms with Crippen LogP contribution in [0.2, 0.25) is 0 Å². The minimum atomic E-state index is 0.107. The zero-order valence-electron chi connectivity index (χ0n) is 11.6. The molecule has 2 rings (SSSR count). The number of aromatic nitrogens is 2. The SMILES string of the molecule is CCc1nn(C)cc1C(=O)N1CCN(CCCl)CC1. The molecular weight excluding hydrogens is 264 g/mol. The molecule has 6 heteroatoms. The highest BCUT2D eigenvalue weighted by atomic mass is 35.5. The molecule has 0 N–H and O–H groups in total. The number of piperazine rings is 1. The molecule has 1 aliphatic rings. The van der Waals surface area contributed by atoms with Crippen LogP contribution < -0.4 is 0 Å². The number of nitrogens with zero attached hydrogens (tertiary/aromatic N) is 4. The van der Waals surface area contributed by atoms with Crippen LogP contribution in [-0.2, 0) is 13.5 Å². The summed E-state index contributed by atoms with van der Waals surface area (Å²) in [5.74, 6) is 0.756. The Hall–Kier alpha value is -1.07. The first kappa shape index (κ1) is 14.3. The lowest BCUT2D eigenvalue weighted by atomic mass is 10.1. The summed E-state index contributed by atoms with van der Waals surface area (Å²) >= 11 is 5.74. The number of hydrogen-bond donors (Lipinski definition) is 0. The molecule has 1 aromatic rings. The Morgan fingerprint density at radius 2 is 2.05 bits per heavy atom. The van der Waals surface area contributed by atoms with E-state index in [-0.39, 0.29) is 5.91 Å². The van der Waals surface area contributed by atoms with Crippen molar-refractivity contribution >= 4 is 17.5 Å². The smallest absolute Gasteiger partial charge is 0.257 e. The van der Waals surface area contributed by atoms with Crippen LogP contribution in [0, 0.1) is 0 Å². The molecule has 1 amide bonds. The highest BCUT2D eigenvalue weighted by Gasteiger charge is 2.24. The third-order valence-electron chi connectivity index (χ3n) is 3.53. The molecule has 1 fully saturated rings. The summed E-state index contributed by atoms with van der Waals surface area (Å²) < 4.78 is 1.72. The minimum Gasteiger partial charge on any atom is -0.336 e. The Morgan fingerprint density at radius 1 is 1.37 bits per heavy atom. The van der Waals surface area contributed by atoms with E-state index in [1.54, 1.807) is 4.68 Å². The third kappa shape index (κ3) is 3.28. The number of halogens is 1. The molecule has 0 aliphatic carbocycles. The molecule has 1 saturated heterocycles. The number of alkyl halides is 1. The number of amides is 1. The summed E-state index contributed by atoms with van der Waals surface area (Å²) in [6.45, 7) is 6.27. The van der Waals surface area contributed by atoms with Crippen LogP contribution in [0.4, 0.5) is 0 Å². The van der Waals surface area contributed by atoms with E-state index in [0.717, 1.165) is 50.4 Å². The Morgan fingerprint density at radius 3 is 2.63 bits per heavy atom. The van der Waals surface area contributed by atoms with Gasteiger partial charge in [0.25, 0.3) is 5.91 Å². The molecule has 2 heterocycles. The maximum atomic E-state index is 12.5. The summed E-state index contributed by atoms with van der Waals surface area (Å²) in [6, 6.07) is 0. The normalized spacial score (nSPS) is 16.9. The fourth-order valence-electron chi connectivity index (χ4n) is 2.44. The van der Waals surface area contributed by atoms with Gasteiger partial charge in [0, 0.05) is 51.8 Å². The van der Waals surface area contributed by atoms with Gasteiger partial charge >= 0.3 is 0 Å². The highest BCUT2D eigenvalue weighted by Crippen LogP contribution is 2.13. The van der Waals surface area contributed by atoms with E-state index < -0.39 is 0 Å². The highest BCUT2D eigenvalue weighted by molar-refractivity contribution is 6.18. The predicted molar refractivity (Wildman–Crippen MR) is 75.6 cm³/mol. The van der Waals surface area contributed by atoms with Gasteiger partial charge in [-0.25, -0.2) is 0 Å². The van der Waals surface area contributed by atoms with Gasteiger partial charge < -0.3 is 4.90 Å². The van der Waals surface area contributed by atoms with Gasteiger partial charge in [0.1, 0.15) is 0 Å². The molecule has 0 radical (unpaired) electrons. The van der Waals surface area contributed by atoms with Crippen molar-refractivity contribution in [3.8, 4) is 0 Å². The van der Waals surface area contributed by atoms with Crippen molar-refractivity contribution in [2.24, 2.45) is 7.05 Å². The Kier molecular flexibility index (Phi) is 4.82. The molecular formula is C13H21ClN4O. The first-order valence-electron chi connectivity index (χ1n) is 6.75. The van der Waals surface area contributed by atoms with E-state index in [1.165, 1.54) is 0 Å². The van der Waals surface area contributed by atoms with Gasteiger partial charge in [0.2, 0.25) is 0 Å². The van der Waals surface area contributed by atoms with E-state index in [0.29, 0.717) is 5.88 Å². The molecule has 0 atom stereocenters. The van der Waals surface area contributed by atoms with Crippen molar-refractivity contribution in [2.75, 3.05) is 38.6 Å².